The SMILES string of the molecule is COc1cc(F)ccc1NC(=O)NC(c1cccs1)C(C)C. The standard InChI is InChI=1S/C16H19FN2O2S/c1-10(2)15(14-5-4-8-22-14)19-16(20)18-12-7-6-11(17)9-13(12)21-3/h4-10,15H,1-3H3,(H2,18,19,20). The smallest absolute Gasteiger partial charge is 0.319 e. The lowest BCUT2D eigenvalue weighted by Gasteiger charge is -2.22. The number of carbonyl (C=O) groups is 1. The topological polar surface area (TPSA) is 50.4 Å². The lowest BCUT2D eigenvalue weighted by Crippen LogP contribution is -2.34. The molecule has 0 saturated carbocycles. The van der Waals surface area contributed by atoms with Crippen molar-refractivity contribution in [2.45, 2.75) is 19.9 Å². The fourth-order valence-electron chi connectivity index (χ4n) is 2.10. The molecule has 0 bridgehead atoms. The van der Waals surface area contributed by atoms with Crippen LogP contribution < -0.4 is 15.4 Å². The molecular formula is C16H19FN2O2S. The second-order valence-electron chi connectivity index (χ2n) is 5.18. The highest BCUT2D eigenvalue weighted by atomic mass is 32.1. The number of rotatable bonds is 5. The molecule has 22 heavy (non-hydrogen) atoms. The Morgan fingerprint density at radius 1 is 1.32 bits per heavy atom. The number of halogens is 1. The summed E-state index contributed by atoms with van der Waals surface area (Å²) in [5, 5.41) is 7.62. The van der Waals surface area contributed by atoms with Gasteiger partial charge < -0.3 is 15.4 Å². The quantitative estimate of drug-likeness (QED) is 0.856. The third-order valence-corrected chi connectivity index (χ3v) is 4.17. The summed E-state index contributed by atoms with van der Waals surface area (Å²) in [5.74, 6) is 0.119. The monoisotopic (exact) mass is 322 g/mol. The molecule has 0 fully saturated rings. The first kappa shape index (κ1) is 16.3. The number of carbonyl (C=O) groups excluding carboxylic acids is 1. The number of urea groups is 1. The van der Waals surface area contributed by atoms with E-state index in [1.165, 1.54) is 25.3 Å². The largest absolute Gasteiger partial charge is 0.494 e. The van der Waals surface area contributed by atoms with Crippen LogP contribution in [0.1, 0.15) is 24.8 Å². The van der Waals surface area contributed by atoms with E-state index >= 15 is 0 Å². The van der Waals surface area contributed by atoms with Gasteiger partial charge in [-0.2, -0.15) is 0 Å². The van der Waals surface area contributed by atoms with Gasteiger partial charge in [-0.3, -0.25) is 0 Å². The van der Waals surface area contributed by atoms with E-state index in [0.717, 1.165) is 4.88 Å². The van der Waals surface area contributed by atoms with E-state index in [9.17, 15) is 9.18 Å². The molecule has 0 aliphatic heterocycles. The third-order valence-electron chi connectivity index (χ3n) is 3.21. The van der Waals surface area contributed by atoms with Crippen LogP contribution >= 0.6 is 11.3 Å². The number of thiophene rings is 1. The van der Waals surface area contributed by atoms with Crippen molar-refractivity contribution in [2.75, 3.05) is 12.4 Å². The first-order valence-corrected chi connectivity index (χ1v) is 7.83. The molecule has 2 rings (SSSR count). The Bertz CT molecular complexity index is 629. The van der Waals surface area contributed by atoms with E-state index in [2.05, 4.69) is 10.6 Å². The van der Waals surface area contributed by atoms with Crippen molar-refractivity contribution in [3.63, 3.8) is 0 Å². The van der Waals surface area contributed by atoms with Crippen LogP contribution in [0.5, 0.6) is 5.75 Å². The maximum Gasteiger partial charge on any atom is 0.319 e. The number of hydrogen-bond acceptors (Lipinski definition) is 3. The van der Waals surface area contributed by atoms with Crippen LogP contribution in [0.15, 0.2) is 35.7 Å². The van der Waals surface area contributed by atoms with Crippen molar-refractivity contribution in [1.29, 1.82) is 0 Å². The Kier molecular flexibility index (Phi) is 5.38. The zero-order chi connectivity index (χ0) is 16.1. The number of hydrogen-bond donors (Lipinski definition) is 2. The highest BCUT2D eigenvalue weighted by molar-refractivity contribution is 7.10. The highest BCUT2D eigenvalue weighted by Crippen LogP contribution is 2.27. The van der Waals surface area contributed by atoms with Crippen LogP contribution in [0.25, 0.3) is 0 Å². The van der Waals surface area contributed by atoms with Crippen LogP contribution in [0.2, 0.25) is 0 Å². The highest BCUT2D eigenvalue weighted by Gasteiger charge is 2.19. The molecule has 1 atom stereocenters. The number of anilines is 1. The second kappa shape index (κ2) is 7.26. The predicted octanol–water partition coefficient (Wildman–Crippen LogP) is 4.41. The average Bonchev–Trinajstić information content (AvgIpc) is 3.00. The first-order chi connectivity index (χ1) is 10.5. The predicted molar refractivity (Wildman–Crippen MR) is 87.0 cm³/mol. The molecule has 6 heteroatoms. The molecule has 0 aliphatic rings. The van der Waals surface area contributed by atoms with Gasteiger partial charge in [0.05, 0.1) is 18.8 Å². The minimum Gasteiger partial charge on any atom is -0.494 e. The summed E-state index contributed by atoms with van der Waals surface area (Å²) in [6.07, 6.45) is 0. The molecule has 0 saturated heterocycles. The molecule has 2 N–H and O–H groups in total. The molecule has 1 aromatic carbocycles. The molecular weight excluding hydrogens is 303 g/mol. The summed E-state index contributed by atoms with van der Waals surface area (Å²) >= 11 is 1.60. The van der Waals surface area contributed by atoms with E-state index in [1.54, 1.807) is 11.3 Å². The Hall–Kier alpha value is -2.08. The summed E-state index contributed by atoms with van der Waals surface area (Å²) in [7, 11) is 1.43. The summed E-state index contributed by atoms with van der Waals surface area (Å²) in [5.41, 5.74) is 0.426. The third kappa shape index (κ3) is 3.98. The van der Waals surface area contributed by atoms with E-state index in [4.69, 9.17) is 4.74 Å². The fourth-order valence-corrected chi connectivity index (χ4v) is 3.05. The van der Waals surface area contributed by atoms with E-state index < -0.39 is 5.82 Å². The van der Waals surface area contributed by atoms with Crippen LogP contribution in [0, 0.1) is 11.7 Å². The molecule has 4 nitrogen and oxygen atoms in total. The van der Waals surface area contributed by atoms with Gasteiger partial charge in [-0.1, -0.05) is 19.9 Å². The van der Waals surface area contributed by atoms with Gasteiger partial charge in [0.25, 0.3) is 0 Å². The van der Waals surface area contributed by atoms with Crippen LogP contribution in [-0.4, -0.2) is 13.1 Å². The summed E-state index contributed by atoms with van der Waals surface area (Å²) in [4.78, 5) is 13.3. The molecule has 2 amide bonds. The number of nitrogens with one attached hydrogen (secondary N) is 2. The van der Waals surface area contributed by atoms with Crippen molar-refractivity contribution in [2.24, 2.45) is 5.92 Å². The molecule has 1 unspecified atom stereocenters. The van der Waals surface area contributed by atoms with Gasteiger partial charge in [0, 0.05) is 10.9 Å². The van der Waals surface area contributed by atoms with Crippen molar-refractivity contribution in [3.05, 3.63) is 46.4 Å². The first-order valence-electron chi connectivity index (χ1n) is 6.95. The van der Waals surface area contributed by atoms with Crippen molar-refractivity contribution in [1.82, 2.24) is 5.32 Å². The molecule has 118 valence electrons. The molecule has 0 radical (unpaired) electrons. The molecule has 1 aromatic heterocycles. The van der Waals surface area contributed by atoms with Crippen LogP contribution in [-0.2, 0) is 0 Å². The number of amides is 2. The van der Waals surface area contributed by atoms with Gasteiger partial charge in [-0.05, 0) is 29.5 Å². The lowest BCUT2D eigenvalue weighted by atomic mass is 10.0. The fraction of sp³-hybridized carbons (Fsp3) is 0.312. The van der Waals surface area contributed by atoms with Gasteiger partial charge >= 0.3 is 6.03 Å². The van der Waals surface area contributed by atoms with Crippen molar-refractivity contribution < 1.29 is 13.9 Å². The van der Waals surface area contributed by atoms with Crippen LogP contribution in [0.3, 0.4) is 0 Å². The van der Waals surface area contributed by atoms with Gasteiger partial charge in [-0.15, -0.1) is 11.3 Å². The van der Waals surface area contributed by atoms with Crippen LogP contribution in [0.4, 0.5) is 14.9 Å². The Morgan fingerprint density at radius 2 is 2.09 bits per heavy atom. The Morgan fingerprint density at radius 3 is 2.68 bits per heavy atom. The number of methoxy groups -OCH3 is 1. The zero-order valence-corrected chi connectivity index (χ0v) is 13.5. The number of benzene rings is 1. The van der Waals surface area contributed by atoms with Gasteiger partial charge in [0.2, 0.25) is 0 Å². The maximum atomic E-state index is 13.2. The second-order valence-corrected chi connectivity index (χ2v) is 6.16. The Balaban J connectivity index is 2.09. The van der Waals surface area contributed by atoms with Gasteiger partial charge in [0.15, 0.2) is 0 Å². The van der Waals surface area contributed by atoms with Crippen molar-refractivity contribution >= 4 is 23.1 Å². The van der Waals surface area contributed by atoms with E-state index in [0.29, 0.717) is 5.69 Å². The van der Waals surface area contributed by atoms with E-state index in [1.807, 2.05) is 31.4 Å². The lowest BCUT2D eigenvalue weighted by molar-refractivity contribution is 0.245. The Labute approximate surface area is 133 Å². The summed E-state index contributed by atoms with van der Waals surface area (Å²) in [6, 6.07) is 7.50. The van der Waals surface area contributed by atoms with Crippen molar-refractivity contribution in [3.8, 4) is 5.75 Å². The molecule has 2 aromatic rings. The minimum absolute atomic E-state index is 0.0774. The summed E-state index contributed by atoms with van der Waals surface area (Å²) < 4.78 is 18.2. The molecule has 0 spiro atoms. The normalized spacial score (nSPS) is 12.0. The minimum atomic E-state index is -0.415. The summed E-state index contributed by atoms with van der Waals surface area (Å²) in [6.45, 7) is 4.09. The van der Waals surface area contributed by atoms with Gasteiger partial charge in [0.1, 0.15) is 11.6 Å². The maximum absolute atomic E-state index is 13.2. The zero-order valence-electron chi connectivity index (χ0n) is 12.7. The molecule has 1 heterocycles. The average molecular weight is 322 g/mol. The number of ether oxygens (including phenoxy) is 1. The van der Waals surface area contributed by atoms with Gasteiger partial charge in [-0.25, -0.2) is 9.18 Å². The molecule has 0 aliphatic carbocycles. The van der Waals surface area contributed by atoms with E-state index in [-0.39, 0.29) is 23.7 Å².